The summed E-state index contributed by atoms with van der Waals surface area (Å²) in [6.07, 6.45) is 0. The van der Waals surface area contributed by atoms with Crippen LogP contribution in [0.25, 0.3) is 0 Å². The van der Waals surface area contributed by atoms with Crippen LogP contribution in [0.15, 0.2) is 22.7 Å². The van der Waals surface area contributed by atoms with E-state index in [0.717, 1.165) is 21.5 Å². The average molecular weight is 276 g/mol. The third-order valence-electron chi connectivity index (χ3n) is 1.89. The Labute approximate surface area is 97.0 Å². The molecular formula is C10H14BrNOS. The molecule has 4 heteroatoms. The van der Waals surface area contributed by atoms with Crippen LogP contribution in [-0.4, -0.2) is 17.0 Å². The van der Waals surface area contributed by atoms with E-state index in [1.165, 1.54) is 0 Å². The number of hydrogen-bond donors (Lipinski definition) is 2. The van der Waals surface area contributed by atoms with E-state index in [9.17, 15) is 0 Å². The molecule has 0 amide bonds. The highest BCUT2D eigenvalue weighted by molar-refractivity contribution is 9.10. The Bertz CT molecular complexity index is 306. The van der Waals surface area contributed by atoms with Crippen molar-refractivity contribution in [2.24, 2.45) is 0 Å². The first-order valence-corrected chi connectivity index (χ1v) is 6.24. The summed E-state index contributed by atoms with van der Waals surface area (Å²) >= 11 is 5.07. The molecule has 0 bridgehead atoms. The summed E-state index contributed by atoms with van der Waals surface area (Å²) in [6.45, 7) is 2.21. The monoisotopic (exact) mass is 275 g/mol. The van der Waals surface area contributed by atoms with E-state index in [1.807, 2.05) is 25.1 Å². The Morgan fingerprint density at radius 1 is 1.57 bits per heavy atom. The van der Waals surface area contributed by atoms with Gasteiger partial charge < -0.3 is 10.8 Å². The van der Waals surface area contributed by atoms with E-state index in [4.69, 9.17) is 10.8 Å². The van der Waals surface area contributed by atoms with Crippen molar-refractivity contribution >= 4 is 33.4 Å². The van der Waals surface area contributed by atoms with Crippen LogP contribution in [0.2, 0.25) is 0 Å². The molecule has 0 fully saturated rings. The van der Waals surface area contributed by atoms with E-state index in [0.29, 0.717) is 0 Å². The molecule has 1 aromatic carbocycles. The van der Waals surface area contributed by atoms with Crippen LogP contribution >= 0.6 is 27.7 Å². The minimum absolute atomic E-state index is 0.209. The van der Waals surface area contributed by atoms with Gasteiger partial charge in [-0.25, -0.2) is 0 Å². The molecule has 3 N–H and O–H groups in total. The highest BCUT2D eigenvalue weighted by Gasteiger charge is 2.04. The van der Waals surface area contributed by atoms with Crippen molar-refractivity contribution in [2.45, 2.75) is 17.9 Å². The average Bonchev–Trinajstić information content (AvgIpc) is 2.16. The molecule has 1 unspecified atom stereocenters. The van der Waals surface area contributed by atoms with Crippen LogP contribution < -0.4 is 5.73 Å². The highest BCUT2D eigenvalue weighted by Crippen LogP contribution is 2.24. The van der Waals surface area contributed by atoms with Crippen LogP contribution in [0.5, 0.6) is 0 Å². The first kappa shape index (κ1) is 11.9. The minimum Gasteiger partial charge on any atom is -0.398 e. The molecule has 0 aromatic heterocycles. The van der Waals surface area contributed by atoms with Crippen molar-refractivity contribution in [1.82, 2.24) is 0 Å². The second-order valence-corrected chi connectivity index (χ2v) is 5.49. The quantitative estimate of drug-likeness (QED) is 0.831. The van der Waals surface area contributed by atoms with Crippen molar-refractivity contribution in [2.75, 3.05) is 12.3 Å². The number of benzene rings is 1. The third kappa shape index (κ3) is 3.52. The number of nitrogens with two attached hydrogens (primary N) is 1. The highest BCUT2D eigenvalue weighted by atomic mass is 79.9. The number of hydrogen-bond acceptors (Lipinski definition) is 3. The molecule has 0 aliphatic rings. The predicted octanol–water partition coefficient (Wildman–Crippen LogP) is 2.65. The number of rotatable bonds is 4. The maximum absolute atomic E-state index is 8.87. The summed E-state index contributed by atoms with van der Waals surface area (Å²) in [5.74, 6) is 0.848. The van der Waals surface area contributed by atoms with Crippen LogP contribution in [0.3, 0.4) is 0 Å². The standard InChI is InChI=1S/C10H14BrNOS/c1-7(5-13)14-6-8-2-3-9(11)4-10(8)12/h2-4,7,13H,5-6,12H2,1H3. The van der Waals surface area contributed by atoms with E-state index in [-0.39, 0.29) is 11.9 Å². The lowest BCUT2D eigenvalue weighted by atomic mass is 10.2. The zero-order valence-electron chi connectivity index (χ0n) is 8.03. The zero-order valence-corrected chi connectivity index (χ0v) is 10.4. The van der Waals surface area contributed by atoms with Gasteiger partial charge in [-0.2, -0.15) is 11.8 Å². The fourth-order valence-corrected chi connectivity index (χ4v) is 2.19. The van der Waals surface area contributed by atoms with Gasteiger partial charge in [0.15, 0.2) is 0 Å². The lowest BCUT2D eigenvalue weighted by molar-refractivity contribution is 0.300. The van der Waals surface area contributed by atoms with Gasteiger partial charge in [0.25, 0.3) is 0 Å². The lowest BCUT2D eigenvalue weighted by Gasteiger charge is -2.09. The first-order valence-electron chi connectivity index (χ1n) is 4.40. The van der Waals surface area contributed by atoms with Gasteiger partial charge >= 0.3 is 0 Å². The lowest BCUT2D eigenvalue weighted by Crippen LogP contribution is -2.03. The van der Waals surface area contributed by atoms with Crippen LogP contribution in [0.4, 0.5) is 5.69 Å². The summed E-state index contributed by atoms with van der Waals surface area (Å²) < 4.78 is 0.999. The van der Waals surface area contributed by atoms with Gasteiger partial charge in [0.05, 0.1) is 6.61 Å². The summed E-state index contributed by atoms with van der Waals surface area (Å²) in [6, 6.07) is 5.89. The second-order valence-electron chi connectivity index (χ2n) is 3.15. The largest absolute Gasteiger partial charge is 0.398 e. The van der Waals surface area contributed by atoms with Crippen molar-refractivity contribution in [3.05, 3.63) is 28.2 Å². The van der Waals surface area contributed by atoms with Gasteiger partial charge in [0, 0.05) is 21.2 Å². The Balaban J connectivity index is 2.59. The van der Waals surface area contributed by atoms with E-state index < -0.39 is 0 Å². The van der Waals surface area contributed by atoms with Crippen molar-refractivity contribution in [1.29, 1.82) is 0 Å². The number of halogens is 1. The predicted molar refractivity (Wildman–Crippen MR) is 66.4 cm³/mol. The summed E-state index contributed by atoms with van der Waals surface area (Å²) in [7, 11) is 0. The summed E-state index contributed by atoms with van der Waals surface area (Å²) in [4.78, 5) is 0. The van der Waals surface area contributed by atoms with Gasteiger partial charge in [0.2, 0.25) is 0 Å². The maximum atomic E-state index is 8.87. The fraction of sp³-hybridized carbons (Fsp3) is 0.400. The topological polar surface area (TPSA) is 46.2 Å². The number of aliphatic hydroxyl groups excluding tert-OH is 1. The molecule has 0 saturated carbocycles. The van der Waals surface area contributed by atoms with E-state index in [1.54, 1.807) is 11.8 Å². The zero-order chi connectivity index (χ0) is 10.6. The maximum Gasteiger partial charge on any atom is 0.0547 e. The van der Waals surface area contributed by atoms with Crippen molar-refractivity contribution < 1.29 is 5.11 Å². The fourth-order valence-electron chi connectivity index (χ4n) is 0.982. The molecule has 2 nitrogen and oxygen atoms in total. The van der Waals surface area contributed by atoms with Crippen LogP contribution in [0.1, 0.15) is 12.5 Å². The second kappa shape index (κ2) is 5.63. The summed E-state index contributed by atoms with van der Waals surface area (Å²) in [5, 5.41) is 9.13. The molecular weight excluding hydrogens is 262 g/mol. The Morgan fingerprint density at radius 2 is 2.29 bits per heavy atom. The van der Waals surface area contributed by atoms with Crippen molar-refractivity contribution in [3.63, 3.8) is 0 Å². The third-order valence-corrected chi connectivity index (χ3v) is 3.58. The minimum atomic E-state index is 0.209. The van der Waals surface area contributed by atoms with Crippen LogP contribution in [0, 0.1) is 0 Å². The Kier molecular flexibility index (Phi) is 4.78. The molecule has 1 atom stereocenters. The Hall–Kier alpha value is -0.190. The van der Waals surface area contributed by atoms with Crippen LogP contribution in [-0.2, 0) is 5.75 Å². The number of aliphatic hydroxyl groups is 1. The number of nitrogen functional groups attached to an aromatic ring is 1. The van der Waals surface area contributed by atoms with Gasteiger partial charge in [-0.05, 0) is 17.7 Å². The molecule has 0 saturated heterocycles. The summed E-state index contributed by atoms with van der Waals surface area (Å²) in [5.41, 5.74) is 7.77. The number of thioether (sulfide) groups is 1. The Morgan fingerprint density at radius 3 is 2.86 bits per heavy atom. The van der Waals surface area contributed by atoms with Gasteiger partial charge in [-0.3, -0.25) is 0 Å². The van der Waals surface area contributed by atoms with Gasteiger partial charge in [-0.15, -0.1) is 0 Å². The van der Waals surface area contributed by atoms with E-state index >= 15 is 0 Å². The molecule has 0 aliphatic heterocycles. The molecule has 0 aliphatic carbocycles. The molecule has 0 spiro atoms. The molecule has 0 radical (unpaired) electrons. The SMILES string of the molecule is CC(CO)SCc1ccc(Br)cc1N. The molecule has 0 heterocycles. The molecule has 1 rings (SSSR count). The van der Waals surface area contributed by atoms with E-state index in [2.05, 4.69) is 15.9 Å². The molecule has 78 valence electrons. The smallest absolute Gasteiger partial charge is 0.0547 e. The molecule has 1 aromatic rings. The van der Waals surface area contributed by atoms with Gasteiger partial charge in [-0.1, -0.05) is 28.9 Å². The molecule has 14 heavy (non-hydrogen) atoms. The normalized spacial score (nSPS) is 12.8. The first-order chi connectivity index (χ1) is 6.63. The van der Waals surface area contributed by atoms with Gasteiger partial charge in [0.1, 0.15) is 0 Å². The number of anilines is 1. The van der Waals surface area contributed by atoms with Crippen molar-refractivity contribution in [3.8, 4) is 0 Å².